The summed E-state index contributed by atoms with van der Waals surface area (Å²) >= 11 is 15.6. The highest BCUT2D eigenvalue weighted by Crippen LogP contribution is 2.25. The van der Waals surface area contributed by atoms with Crippen molar-refractivity contribution in [1.29, 1.82) is 0 Å². The summed E-state index contributed by atoms with van der Waals surface area (Å²) < 4.78 is 0.914. The third-order valence-electron chi connectivity index (χ3n) is 2.97. The van der Waals surface area contributed by atoms with Crippen LogP contribution in [0.2, 0.25) is 10.0 Å². The Labute approximate surface area is 132 Å². The van der Waals surface area contributed by atoms with E-state index in [1.165, 1.54) is 0 Å². The van der Waals surface area contributed by atoms with Crippen molar-refractivity contribution in [2.45, 2.75) is 19.5 Å². The van der Waals surface area contributed by atoms with Gasteiger partial charge in [-0.15, -0.1) is 0 Å². The number of nitrogens with one attached hydrogen (secondary N) is 1. The molecule has 0 aromatic heterocycles. The molecule has 0 aliphatic carbocycles. The molecule has 2 aromatic rings. The van der Waals surface area contributed by atoms with E-state index in [-0.39, 0.29) is 6.04 Å². The maximum Gasteiger partial charge on any atom is 0.0551 e. The number of rotatable bonds is 4. The Morgan fingerprint density at radius 2 is 1.84 bits per heavy atom. The fourth-order valence-corrected chi connectivity index (χ4v) is 2.61. The van der Waals surface area contributed by atoms with Crippen molar-refractivity contribution in [2.24, 2.45) is 0 Å². The Kier molecular flexibility index (Phi) is 5.28. The van der Waals surface area contributed by atoms with Crippen LogP contribution < -0.4 is 5.32 Å². The van der Waals surface area contributed by atoms with Gasteiger partial charge < -0.3 is 5.32 Å². The predicted molar refractivity (Wildman–Crippen MR) is 85.9 cm³/mol. The van der Waals surface area contributed by atoms with Crippen molar-refractivity contribution in [2.75, 3.05) is 0 Å². The van der Waals surface area contributed by atoms with Gasteiger partial charge in [0.05, 0.1) is 5.02 Å². The number of benzene rings is 2. The van der Waals surface area contributed by atoms with E-state index in [1.807, 2.05) is 42.5 Å². The second-order valence-corrected chi connectivity index (χ2v) is 6.04. The van der Waals surface area contributed by atoms with Crippen LogP contribution in [0.3, 0.4) is 0 Å². The largest absolute Gasteiger partial charge is 0.306 e. The SMILES string of the molecule is C[C@@H](NCc1ccc(Br)c(Cl)c1)c1ccccc1Cl. The van der Waals surface area contributed by atoms with Crippen LogP contribution in [0.25, 0.3) is 0 Å². The summed E-state index contributed by atoms with van der Waals surface area (Å²) in [6, 6.07) is 14.0. The smallest absolute Gasteiger partial charge is 0.0551 e. The molecule has 0 fully saturated rings. The van der Waals surface area contributed by atoms with Crippen LogP contribution in [0.15, 0.2) is 46.9 Å². The van der Waals surface area contributed by atoms with Gasteiger partial charge in [0, 0.05) is 22.1 Å². The molecule has 0 saturated heterocycles. The van der Waals surface area contributed by atoms with Gasteiger partial charge in [0.1, 0.15) is 0 Å². The van der Waals surface area contributed by atoms with E-state index in [9.17, 15) is 0 Å². The first-order chi connectivity index (χ1) is 9.08. The van der Waals surface area contributed by atoms with Crippen LogP contribution in [-0.2, 0) is 6.54 Å². The monoisotopic (exact) mass is 357 g/mol. The van der Waals surface area contributed by atoms with Crippen molar-refractivity contribution in [1.82, 2.24) is 5.32 Å². The highest BCUT2D eigenvalue weighted by molar-refractivity contribution is 9.10. The zero-order valence-corrected chi connectivity index (χ0v) is 13.6. The lowest BCUT2D eigenvalue weighted by Crippen LogP contribution is -2.18. The van der Waals surface area contributed by atoms with Gasteiger partial charge in [0.2, 0.25) is 0 Å². The summed E-state index contributed by atoms with van der Waals surface area (Å²) in [5.74, 6) is 0. The summed E-state index contributed by atoms with van der Waals surface area (Å²) in [4.78, 5) is 0. The lowest BCUT2D eigenvalue weighted by atomic mass is 10.1. The molecule has 2 rings (SSSR count). The molecule has 2 aromatic carbocycles. The molecule has 0 radical (unpaired) electrons. The third-order valence-corrected chi connectivity index (χ3v) is 4.54. The van der Waals surface area contributed by atoms with E-state index in [0.717, 1.165) is 32.2 Å². The number of hydrogen-bond acceptors (Lipinski definition) is 1. The second kappa shape index (κ2) is 6.76. The molecule has 1 nitrogen and oxygen atoms in total. The maximum absolute atomic E-state index is 6.18. The molecule has 0 unspecified atom stereocenters. The zero-order valence-electron chi connectivity index (χ0n) is 10.5. The molecule has 100 valence electrons. The normalized spacial score (nSPS) is 12.4. The molecular weight excluding hydrogens is 345 g/mol. The average Bonchev–Trinajstić information content (AvgIpc) is 2.40. The van der Waals surface area contributed by atoms with Crippen LogP contribution >= 0.6 is 39.1 Å². The van der Waals surface area contributed by atoms with E-state index in [4.69, 9.17) is 23.2 Å². The molecule has 0 aliphatic heterocycles. The first kappa shape index (κ1) is 14.9. The minimum atomic E-state index is 0.191. The minimum Gasteiger partial charge on any atom is -0.306 e. The van der Waals surface area contributed by atoms with Gasteiger partial charge >= 0.3 is 0 Å². The van der Waals surface area contributed by atoms with Crippen molar-refractivity contribution in [3.05, 3.63) is 68.1 Å². The summed E-state index contributed by atoms with van der Waals surface area (Å²) in [6.45, 7) is 2.85. The van der Waals surface area contributed by atoms with E-state index in [0.29, 0.717) is 0 Å². The van der Waals surface area contributed by atoms with Crippen molar-refractivity contribution in [3.8, 4) is 0 Å². The molecule has 0 heterocycles. The van der Waals surface area contributed by atoms with Gasteiger partial charge in [-0.05, 0) is 52.2 Å². The van der Waals surface area contributed by atoms with Gasteiger partial charge in [-0.1, -0.05) is 47.5 Å². The highest BCUT2D eigenvalue weighted by atomic mass is 79.9. The van der Waals surface area contributed by atoms with E-state index in [2.05, 4.69) is 28.2 Å². The Morgan fingerprint density at radius 3 is 2.53 bits per heavy atom. The Bertz CT molecular complexity index is 572. The summed E-state index contributed by atoms with van der Waals surface area (Å²) in [7, 11) is 0. The predicted octanol–water partition coefficient (Wildman–Crippen LogP) is 5.61. The molecule has 1 atom stereocenters. The third kappa shape index (κ3) is 3.96. The fourth-order valence-electron chi connectivity index (χ4n) is 1.86. The van der Waals surface area contributed by atoms with Crippen LogP contribution in [0, 0.1) is 0 Å². The van der Waals surface area contributed by atoms with E-state index in [1.54, 1.807) is 0 Å². The topological polar surface area (TPSA) is 12.0 Å². The Balaban J connectivity index is 2.02. The molecule has 0 saturated carbocycles. The van der Waals surface area contributed by atoms with Crippen LogP contribution in [0.1, 0.15) is 24.1 Å². The van der Waals surface area contributed by atoms with Gasteiger partial charge in [-0.25, -0.2) is 0 Å². The molecule has 0 aliphatic rings. The molecule has 1 N–H and O–H groups in total. The highest BCUT2D eigenvalue weighted by Gasteiger charge is 2.08. The standard InChI is InChI=1S/C15H14BrCl2N/c1-10(12-4-2-3-5-14(12)17)19-9-11-6-7-13(16)15(18)8-11/h2-8,10,19H,9H2,1H3/t10-/m1/s1. The van der Waals surface area contributed by atoms with Crippen molar-refractivity contribution in [3.63, 3.8) is 0 Å². The molecular formula is C15H14BrCl2N. The van der Waals surface area contributed by atoms with Gasteiger partial charge in [-0.3, -0.25) is 0 Å². The van der Waals surface area contributed by atoms with Gasteiger partial charge in [-0.2, -0.15) is 0 Å². The fraction of sp³-hybridized carbons (Fsp3) is 0.200. The molecule has 4 heteroatoms. The lowest BCUT2D eigenvalue weighted by Gasteiger charge is -2.16. The Hall–Kier alpha value is -0.540. The maximum atomic E-state index is 6.18. The zero-order chi connectivity index (χ0) is 13.8. The van der Waals surface area contributed by atoms with Gasteiger partial charge in [0.25, 0.3) is 0 Å². The van der Waals surface area contributed by atoms with Crippen LogP contribution in [0.5, 0.6) is 0 Å². The lowest BCUT2D eigenvalue weighted by molar-refractivity contribution is 0.575. The summed E-state index contributed by atoms with van der Waals surface area (Å²) in [6.07, 6.45) is 0. The first-order valence-corrected chi connectivity index (χ1v) is 7.54. The molecule has 0 spiro atoms. The summed E-state index contributed by atoms with van der Waals surface area (Å²) in [5, 5.41) is 4.96. The summed E-state index contributed by atoms with van der Waals surface area (Å²) in [5.41, 5.74) is 2.25. The Morgan fingerprint density at radius 1 is 1.11 bits per heavy atom. The second-order valence-electron chi connectivity index (χ2n) is 4.37. The number of hydrogen-bond donors (Lipinski definition) is 1. The molecule has 0 bridgehead atoms. The van der Waals surface area contributed by atoms with E-state index < -0.39 is 0 Å². The minimum absolute atomic E-state index is 0.191. The molecule has 19 heavy (non-hydrogen) atoms. The number of halogens is 3. The van der Waals surface area contributed by atoms with Crippen LogP contribution in [-0.4, -0.2) is 0 Å². The quantitative estimate of drug-likeness (QED) is 0.749. The first-order valence-electron chi connectivity index (χ1n) is 5.99. The average molecular weight is 359 g/mol. The molecule has 0 amide bonds. The van der Waals surface area contributed by atoms with Gasteiger partial charge in [0.15, 0.2) is 0 Å². The van der Waals surface area contributed by atoms with Crippen molar-refractivity contribution < 1.29 is 0 Å². The van der Waals surface area contributed by atoms with E-state index >= 15 is 0 Å². The van der Waals surface area contributed by atoms with Crippen LogP contribution in [0.4, 0.5) is 0 Å². The van der Waals surface area contributed by atoms with Crippen molar-refractivity contribution >= 4 is 39.1 Å².